The highest BCUT2D eigenvalue weighted by atomic mass is 127. The number of nitrogens with one attached hydrogen (secondary N) is 1. The maximum atomic E-state index is 12.6. The summed E-state index contributed by atoms with van der Waals surface area (Å²) in [6.45, 7) is 2.01. The van der Waals surface area contributed by atoms with Crippen molar-refractivity contribution in [2.45, 2.75) is 11.0 Å². The zero-order chi connectivity index (χ0) is 8.27. The van der Waals surface area contributed by atoms with Crippen molar-refractivity contribution in [3.8, 4) is 0 Å². The zero-order valence-electron chi connectivity index (χ0n) is 6.14. The Morgan fingerprint density at radius 3 is 2.82 bits per heavy atom. The third-order valence-corrected chi connectivity index (χ3v) is 1.50. The van der Waals surface area contributed by atoms with E-state index in [1.54, 1.807) is 6.07 Å². The van der Waals surface area contributed by atoms with Gasteiger partial charge in [0.15, 0.2) is 0 Å². The Balaban J connectivity index is 2.71. The second-order valence-electron chi connectivity index (χ2n) is 2.27. The van der Waals surface area contributed by atoms with Crippen LogP contribution in [0.15, 0.2) is 24.3 Å². The Kier molecular flexibility index (Phi) is 3.11. The Morgan fingerprint density at radius 2 is 2.27 bits per heavy atom. The Labute approximate surface area is 79.1 Å². The smallest absolute Gasteiger partial charge is 0.125 e. The SMILES string of the molecule is CC(I)Nc1cccc(F)c1. The molecule has 0 aliphatic carbocycles. The summed E-state index contributed by atoms with van der Waals surface area (Å²) in [4.78, 5) is 0. The molecule has 0 saturated heterocycles. The minimum atomic E-state index is -0.202. The molecular formula is C8H9FIN. The second kappa shape index (κ2) is 3.90. The van der Waals surface area contributed by atoms with Crippen LogP contribution in [-0.4, -0.2) is 4.05 Å². The van der Waals surface area contributed by atoms with Gasteiger partial charge in [-0.2, -0.15) is 0 Å². The average molecular weight is 265 g/mol. The predicted octanol–water partition coefficient (Wildman–Crippen LogP) is 3.02. The van der Waals surface area contributed by atoms with Gasteiger partial charge in [0.05, 0.1) is 4.05 Å². The number of alkyl halides is 1. The van der Waals surface area contributed by atoms with Gasteiger partial charge in [-0.15, -0.1) is 0 Å². The highest BCUT2D eigenvalue weighted by Gasteiger charge is 1.96. The van der Waals surface area contributed by atoms with Crippen molar-refractivity contribution in [1.82, 2.24) is 0 Å². The van der Waals surface area contributed by atoms with Gasteiger partial charge in [-0.25, -0.2) is 4.39 Å². The van der Waals surface area contributed by atoms with Crippen molar-refractivity contribution < 1.29 is 4.39 Å². The molecule has 1 N–H and O–H groups in total. The van der Waals surface area contributed by atoms with Gasteiger partial charge in [0.2, 0.25) is 0 Å². The molecule has 0 spiro atoms. The van der Waals surface area contributed by atoms with E-state index in [4.69, 9.17) is 0 Å². The molecule has 0 saturated carbocycles. The van der Waals surface area contributed by atoms with Gasteiger partial charge >= 0.3 is 0 Å². The summed E-state index contributed by atoms with van der Waals surface area (Å²) in [5.74, 6) is -0.202. The van der Waals surface area contributed by atoms with Crippen LogP contribution in [0.2, 0.25) is 0 Å². The maximum absolute atomic E-state index is 12.6. The summed E-state index contributed by atoms with van der Waals surface area (Å²) in [6, 6.07) is 6.45. The lowest BCUT2D eigenvalue weighted by Gasteiger charge is -2.07. The van der Waals surface area contributed by atoms with Gasteiger partial charge < -0.3 is 5.32 Å². The molecule has 1 aromatic rings. The Hall–Kier alpha value is -0.320. The maximum Gasteiger partial charge on any atom is 0.125 e. The fourth-order valence-corrected chi connectivity index (χ4v) is 1.17. The van der Waals surface area contributed by atoms with Gasteiger partial charge in [0.1, 0.15) is 5.82 Å². The van der Waals surface area contributed by atoms with Crippen LogP contribution < -0.4 is 5.32 Å². The third-order valence-electron chi connectivity index (χ3n) is 1.19. The normalized spacial score (nSPS) is 12.6. The first-order chi connectivity index (χ1) is 5.18. The summed E-state index contributed by atoms with van der Waals surface area (Å²) >= 11 is 2.22. The van der Waals surface area contributed by atoms with Crippen molar-refractivity contribution in [1.29, 1.82) is 0 Å². The number of halogens is 2. The van der Waals surface area contributed by atoms with Crippen molar-refractivity contribution in [3.63, 3.8) is 0 Å². The van der Waals surface area contributed by atoms with E-state index >= 15 is 0 Å². The fourth-order valence-electron chi connectivity index (χ4n) is 0.808. The minimum Gasteiger partial charge on any atom is -0.374 e. The van der Waals surface area contributed by atoms with Gasteiger partial charge in [0, 0.05) is 5.69 Å². The molecule has 0 heterocycles. The van der Waals surface area contributed by atoms with Crippen LogP contribution in [0.25, 0.3) is 0 Å². The molecule has 0 aliphatic heterocycles. The Morgan fingerprint density at radius 1 is 1.55 bits per heavy atom. The van der Waals surface area contributed by atoms with Crippen LogP contribution in [0, 0.1) is 5.82 Å². The van der Waals surface area contributed by atoms with E-state index in [-0.39, 0.29) is 5.82 Å². The van der Waals surface area contributed by atoms with Crippen LogP contribution in [-0.2, 0) is 0 Å². The largest absolute Gasteiger partial charge is 0.374 e. The number of rotatable bonds is 2. The molecule has 0 radical (unpaired) electrons. The molecule has 1 rings (SSSR count). The topological polar surface area (TPSA) is 12.0 Å². The van der Waals surface area contributed by atoms with Crippen molar-refractivity contribution in [3.05, 3.63) is 30.1 Å². The molecule has 0 fully saturated rings. The first-order valence-corrected chi connectivity index (χ1v) is 4.59. The Bertz CT molecular complexity index is 237. The highest BCUT2D eigenvalue weighted by Crippen LogP contribution is 2.12. The van der Waals surface area contributed by atoms with Gasteiger partial charge in [-0.3, -0.25) is 0 Å². The molecule has 1 unspecified atom stereocenters. The molecule has 1 aromatic carbocycles. The van der Waals surface area contributed by atoms with E-state index in [2.05, 4.69) is 27.9 Å². The minimum absolute atomic E-state index is 0.202. The third kappa shape index (κ3) is 3.05. The fraction of sp³-hybridized carbons (Fsp3) is 0.250. The van der Waals surface area contributed by atoms with Crippen LogP contribution in [0.5, 0.6) is 0 Å². The molecule has 3 heteroatoms. The predicted molar refractivity (Wildman–Crippen MR) is 53.5 cm³/mol. The lowest BCUT2D eigenvalue weighted by molar-refractivity contribution is 0.628. The summed E-state index contributed by atoms with van der Waals surface area (Å²) in [5, 5.41) is 3.09. The van der Waals surface area contributed by atoms with Crippen molar-refractivity contribution in [2.24, 2.45) is 0 Å². The number of hydrogen-bond acceptors (Lipinski definition) is 1. The van der Waals surface area contributed by atoms with E-state index in [9.17, 15) is 4.39 Å². The lowest BCUT2D eigenvalue weighted by Crippen LogP contribution is -2.05. The monoisotopic (exact) mass is 265 g/mol. The molecule has 0 aliphatic rings. The summed E-state index contributed by atoms with van der Waals surface area (Å²) < 4.78 is 12.9. The molecule has 0 amide bonds. The van der Waals surface area contributed by atoms with Crippen LogP contribution in [0.1, 0.15) is 6.92 Å². The lowest BCUT2D eigenvalue weighted by atomic mass is 10.3. The molecule has 60 valence electrons. The summed E-state index contributed by atoms with van der Waals surface area (Å²) in [6.07, 6.45) is 0. The van der Waals surface area contributed by atoms with Gasteiger partial charge in [-0.05, 0) is 25.1 Å². The van der Waals surface area contributed by atoms with Crippen LogP contribution in [0.4, 0.5) is 10.1 Å². The van der Waals surface area contributed by atoms with Crippen LogP contribution >= 0.6 is 22.6 Å². The molecule has 0 aromatic heterocycles. The molecular weight excluding hydrogens is 256 g/mol. The first-order valence-electron chi connectivity index (χ1n) is 3.34. The average Bonchev–Trinajstić information content (AvgIpc) is 1.85. The molecule has 1 atom stereocenters. The standard InChI is InChI=1S/C8H9FIN/c1-6(10)11-8-4-2-3-7(9)5-8/h2-6,11H,1H3. The van der Waals surface area contributed by atoms with Crippen LogP contribution in [0.3, 0.4) is 0 Å². The van der Waals surface area contributed by atoms with Gasteiger partial charge in [0.25, 0.3) is 0 Å². The number of anilines is 1. The van der Waals surface area contributed by atoms with E-state index in [0.717, 1.165) is 5.69 Å². The zero-order valence-corrected chi connectivity index (χ0v) is 8.30. The van der Waals surface area contributed by atoms with E-state index < -0.39 is 0 Å². The van der Waals surface area contributed by atoms with Crippen molar-refractivity contribution >= 4 is 28.3 Å². The number of benzene rings is 1. The molecule has 1 nitrogen and oxygen atoms in total. The molecule has 11 heavy (non-hydrogen) atoms. The molecule has 0 bridgehead atoms. The second-order valence-corrected chi connectivity index (χ2v) is 4.14. The van der Waals surface area contributed by atoms with E-state index in [0.29, 0.717) is 4.05 Å². The highest BCUT2D eigenvalue weighted by molar-refractivity contribution is 14.1. The first kappa shape index (κ1) is 8.77. The van der Waals surface area contributed by atoms with Gasteiger partial charge in [-0.1, -0.05) is 28.7 Å². The number of hydrogen-bond donors (Lipinski definition) is 1. The van der Waals surface area contributed by atoms with E-state index in [1.807, 2.05) is 13.0 Å². The quantitative estimate of drug-likeness (QED) is 0.492. The van der Waals surface area contributed by atoms with Crippen molar-refractivity contribution in [2.75, 3.05) is 5.32 Å². The summed E-state index contributed by atoms with van der Waals surface area (Å²) in [5.41, 5.74) is 0.826. The summed E-state index contributed by atoms with van der Waals surface area (Å²) in [7, 11) is 0. The van der Waals surface area contributed by atoms with E-state index in [1.165, 1.54) is 12.1 Å².